The first-order chi connectivity index (χ1) is 9.86. The highest BCUT2D eigenvalue weighted by Crippen LogP contribution is 2.38. The molecule has 0 aliphatic carbocycles. The molecule has 2 aliphatic rings. The number of guanidine groups is 1. The molecule has 2 heterocycles. The van der Waals surface area contributed by atoms with E-state index in [-0.39, 0.29) is 29.4 Å². The molecule has 6 heteroatoms. The van der Waals surface area contributed by atoms with Crippen LogP contribution in [0.4, 0.5) is 0 Å². The number of hydrogen-bond donors (Lipinski definition) is 1. The van der Waals surface area contributed by atoms with Crippen molar-refractivity contribution >= 4 is 29.9 Å². The van der Waals surface area contributed by atoms with Crippen LogP contribution in [0.5, 0.6) is 0 Å². The molecule has 0 aromatic rings. The fourth-order valence-electron chi connectivity index (χ4n) is 3.65. The van der Waals surface area contributed by atoms with Crippen LogP contribution in [0.15, 0.2) is 4.99 Å². The van der Waals surface area contributed by atoms with Gasteiger partial charge in [-0.2, -0.15) is 0 Å². The molecule has 1 N–H and O–H groups in total. The lowest BCUT2D eigenvalue weighted by Gasteiger charge is -2.31. The second kappa shape index (κ2) is 8.15. The van der Waals surface area contributed by atoms with Gasteiger partial charge in [-0.1, -0.05) is 13.8 Å². The Kier molecular flexibility index (Phi) is 7.39. The summed E-state index contributed by atoms with van der Waals surface area (Å²) in [5, 5.41) is 3.57. The van der Waals surface area contributed by atoms with Crippen molar-refractivity contribution < 1.29 is 4.74 Å². The van der Waals surface area contributed by atoms with Gasteiger partial charge in [0, 0.05) is 45.2 Å². The Balaban J connectivity index is 0.00000242. The first-order valence-electron chi connectivity index (χ1n) is 8.04. The minimum absolute atomic E-state index is 0. The SMILES string of the molecule is CN=C(NCC(C)(C)CN(C)C)N1CCC2(CCOC2)C1.I. The van der Waals surface area contributed by atoms with E-state index in [2.05, 4.69) is 48.1 Å². The summed E-state index contributed by atoms with van der Waals surface area (Å²) in [4.78, 5) is 9.13. The zero-order chi connectivity index (χ0) is 15.5. The second-order valence-corrected chi connectivity index (χ2v) is 7.78. The maximum atomic E-state index is 5.61. The third kappa shape index (κ3) is 5.23. The molecule has 0 amide bonds. The lowest BCUT2D eigenvalue weighted by atomic mass is 9.87. The van der Waals surface area contributed by atoms with E-state index in [4.69, 9.17) is 4.74 Å². The van der Waals surface area contributed by atoms with E-state index in [1.807, 2.05) is 7.05 Å². The summed E-state index contributed by atoms with van der Waals surface area (Å²) in [5.41, 5.74) is 0.615. The minimum Gasteiger partial charge on any atom is -0.381 e. The number of rotatable bonds is 4. The zero-order valence-electron chi connectivity index (χ0n) is 14.8. The molecule has 1 unspecified atom stereocenters. The fraction of sp³-hybridized carbons (Fsp3) is 0.938. The Bertz CT molecular complexity index is 378. The summed E-state index contributed by atoms with van der Waals surface area (Å²) in [6.07, 6.45) is 2.43. The lowest BCUT2D eigenvalue weighted by Crippen LogP contribution is -2.46. The van der Waals surface area contributed by atoms with Crippen molar-refractivity contribution in [2.45, 2.75) is 26.7 Å². The standard InChI is InChI=1S/C16H32N4O.HI/c1-15(2,11-19(4)5)10-18-14(17-3)20-8-6-16(12-20)7-9-21-13-16;/h6-13H2,1-5H3,(H,17,18);1H. The average molecular weight is 424 g/mol. The van der Waals surface area contributed by atoms with E-state index >= 15 is 0 Å². The molecule has 1 spiro atoms. The van der Waals surface area contributed by atoms with Gasteiger partial charge in [-0.25, -0.2) is 0 Å². The molecule has 130 valence electrons. The smallest absolute Gasteiger partial charge is 0.193 e. The largest absolute Gasteiger partial charge is 0.381 e. The van der Waals surface area contributed by atoms with E-state index in [1.54, 1.807) is 0 Å². The van der Waals surface area contributed by atoms with Gasteiger partial charge in [0.2, 0.25) is 0 Å². The highest BCUT2D eigenvalue weighted by molar-refractivity contribution is 14.0. The maximum absolute atomic E-state index is 5.61. The number of nitrogens with one attached hydrogen (secondary N) is 1. The normalized spacial score (nSPS) is 25.9. The van der Waals surface area contributed by atoms with Gasteiger partial charge in [0.1, 0.15) is 0 Å². The van der Waals surface area contributed by atoms with Crippen LogP contribution in [0.3, 0.4) is 0 Å². The van der Waals surface area contributed by atoms with Gasteiger partial charge < -0.3 is 19.9 Å². The number of likely N-dealkylation sites (tertiary alicyclic amines) is 1. The summed E-state index contributed by atoms with van der Waals surface area (Å²) in [7, 11) is 6.14. The van der Waals surface area contributed by atoms with Gasteiger partial charge >= 0.3 is 0 Å². The number of aliphatic imine (C=N–C) groups is 1. The van der Waals surface area contributed by atoms with Crippen molar-refractivity contribution in [3.05, 3.63) is 0 Å². The molecule has 0 radical (unpaired) electrons. The summed E-state index contributed by atoms with van der Waals surface area (Å²) in [5.74, 6) is 1.05. The van der Waals surface area contributed by atoms with Gasteiger partial charge in [-0.15, -0.1) is 24.0 Å². The van der Waals surface area contributed by atoms with Crippen molar-refractivity contribution in [2.24, 2.45) is 15.8 Å². The fourth-order valence-corrected chi connectivity index (χ4v) is 3.65. The summed E-state index contributed by atoms with van der Waals surface area (Å²) in [6.45, 7) is 10.6. The first kappa shape index (κ1) is 20.0. The van der Waals surface area contributed by atoms with Crippen molar-refractivity contribution in [1.82, 2.24) is 15.1 Å². The van der Waals surface area contributed by atoms with E-state index in [0.717, 1.165) is 45.4 Å². The molecule has 0 aromatic heterocycles. The van der Waals surface area contributed by atoms with E-state index in [1.165, 1.54) is 12.8 Å². The van der Waals surface area contributed by atoms with Gasteiger partial charge in [0.15, 0.2) is 5.96 Å². The average Bonchev–Trinajstić information content (AvgIpc) is 3.00. The molecule has 22 heavy (non-hydrogen) atoms. The quantitative estimate of drug-likeness (QED) is 0.425. The van der Waals surface area contributed by atoms with Gasteiger partial charge in [0.25, 0.3) is 0 Å². The van der Waals surface area contributed by atoms with Crippen LogP contribution in [0.1, 0.15) is 26.7 Å². The van der Waals surface area contributed by atoms with Crippen molar-refractivity contribution in [1.29, 1.82) is 0 Å². The highest BCUT2D eigenvalue weighted by Gasteiger charge is 2.42. The van der Waals surface area contributed by atoms with Gasteiger partial charge in [-0.3, -0.25) is 4.99 Å². The lowest BCUT2D eigenvalue weighted by molar-refractivity contribution is 0.156. The van der Waals surface area contributed by atoms with Gasteiger partial charge in [0.05, 0.1) is 6.61 Å². The number of halogens is 1. The summed E-state index contributed by atoms with van der Waals surface area (Å²) in [6, 6.07) is 0. The van der Waals surface area contributed by atoms with Crippen LogP contribution < -0.4 is 5.32 Å². The van der Waals surface area contributed by atoms with Crippen LogP contribution >= 0.6 is 24.0 Å². The summed E-state index contributed by atoms with van der Waals surface area (Å²) < 4.78 is 5.61. The monoisotopic (exact) mass is 424 g/mol. The molecular formula is C16H33IN4O. The third-order valence-electron chi connectivity index (χ3n) is 4.60. The predicted octanol–water partition coefficient (Wildman–Crippen LogP) is 1.88. The van der Waals surface area contributed by atoms with E-state index in [0.29, 0.717) is 5.41 Å². The van der Waals surface area contributed by atoms with Crippen LogP contribution in [0, 0.1) is 10.8 Å². The van der Waals surface area contributed by atoms with Gasteiger partial charge in [-0.05, 0) is 32.4 Å². The molecule has 2 aliphatic heterocycles. The molecule has 5 nitrogen and oxygen atoms in total. The number of nitrogens with zero attached hydrogens (tertiary/aromatic N) is 3. The van der Waals surface area contributed by atoms with Crippen LogP contribution in [0.25, 0.3) is 0 Å². The topological polar surface area (TPSA) is 40.1 Å². The van der Waals surface area contributed by atoms with E-state index < -0.39 is 0 Å². The van der Waals surface area contributed by atoms with Crippen LogP contribution in [0.2, 0.25) is 0 Å². The first-order valence-corrected chi connectivity index (χ1v) is 8.04. The molecule has 2 rings (SSSR count). The molecule has 2 fully saturated rings. The van der Waals surface area contributed by atoms with Crippen molar-refractivity contribution in [3.63, 3.8) is 0 Å². The van der Waals surface area contributed by atoms with Crippen LogP contribution in [-0.2, 0) is 4.74 Å². The molecule has 0 aromatic carbocycles. The molecule has 2 saturated heterocycles. The minimum atomic E-state index is 0. The number of ether oxygens (including phenoxy) is 1. The number of hydrogen-bond acceptors (Lipinski definition) is 3. The Morgan fingerprint density at radius 3 is 2.64 bits per heavy atom. The second-order valence-electron chi connectivity index (χ2n) is 7.78. The van der Waals surface area contributed by atoms with Crippen molar-refractivity contribution in [3.8, 4) is 0 Å². The Labute approximate surface area is 152 Å². The Morgan fingerprint density at radius 2 is 2.09 bits per heavy atom. The van der Waals surface area contributed by atoms with E-state index in [9.17, 15) is 0 Å². The van der Waals surface area contributed by atoms with Crippen molar-refractivity contribution in [2.75, 3.05) is 60.5 Å². The Hall–Kier alpha value is -0.0800. The summed E-state index contributed by atoms with van der Waals surface area (Å²) >= 11 is 0. The zero-order valence-corrected chi connectivity index (χ0v) is 17.1. The maximum Gasteiger partial charge on any atom is 0.193 e. The molecule has 0 saturated carbocycles. The third-order valence-corrected chi connectivity index (χ3v) is 4.60. The highest BCUT2D eigenvalue weighted by atomic mass is 127. The molecule has 1 atom stereocenters. The predicted molar refractivity (Wildman–Crippen MR) is 103 cm³/mol. The Morgan fingerprint density at radius 1 is 1.36 bits per heavy atom. The molecule has 0 bridgehead atoms. The van der Waals surface area contributed by atoms with Crippen LogP contribution in [-0.4, -0.2) is 76.3 Å². The molecular weight excluding hydrogens is 391 g/mol.